The van der Waals surface area contributed by atoms with Gasteiger partial charge in [-0.3, -0.25) is 0 Å². The van der Waals surface area contributed by atoms with Crippen molar-refractivity contribution in [1.29, 1.82) is 0 Å². The summed E-state index contributed by atoms with van der Waals surface area (Å²) < 4.78 is 12.1. The van der Waals surface area contributed by atoms with Crippen LogP contribution in [0.15, 0.2) is 46.9 Å². The SMILES string of the molecule is COc1ccc(OCc2cccc(Br)c2)c(CBr)c1. The van der Waals surface area contributed by atoms with Crippen molar-refractivity contribution in [2.75, 3.05) is 7.11 Å². The Balaban J connectivity index is 2.11. The van der Waals surface area contributed by atoms with Gasteiger partial charge in [0.2, 0.25) is 0 Å². The summed E-state index contributed by atoms with van der Waals surface area (Å²) in [6, 6.07) is 13.9. The number of methoxy groups -OCH3 is 1. The number of benzene rings is 2. The van der Waals surface area contributed by atoms with Gasteiger partial charge in [-0.15, -0.1) is 0 Å². The molecule has 0 saturated carbocycles. The molecule has 0 aromatic heterocycles. The number of rotatable bonds is 5. The lowest BCUT2D eigenvalue weighted by Crippen LogP contribution is -1.98. The van der Waals surface area contributed by atoms with Gasteiger partial charge in [0.25, 0.3) is 0 Å². The number of halogens is 2. The van der Waals surface area contributed by atoms with Gasteiger partial charge in [-0.1, -0.05) is 44.0 Å². The second kappa shape index (κ2) is 6.96. The van der Waals surface area contributed by atoms with Gasteiger partial charge < -0.3 is 9.47 Å². The maximum Gasteiger partial charge on any atom is 0.124 e. The summed E-state index contributed by atoms with van der Waals surface area (Å²) in [5, 5.41) is 0.734. The largest absolute Gasteiger partial charge is 0.497 e. The van der Waals surface area contributed by atoms with Crippen LogP contribution in [0.1, 0.15) is 11.1 Å². The first-order chi connectivity index (χ1) is 9.22. The van der Waals surface area contributed by atoms with Crippen molar-refractivity contribution in [1.82, 2.24) is 0 Å². The van der Waals surface area contributed by atoms with Crippen molar-refractivity contribution in [3.05, 3.63) is 58.1 Å². The molecule has 2 rings (SSSR count). The normalized spacial score (nSPS) is 10.3. The van der Waals surface area contributed by atoms with E-state index in [0.717, 1.165) is 32.4 Å². The van der Waals surface area contributed by atoms with Crippen LogP contribution >= 0.6 is 31.9 Å². The number of hydrogen-bond donors (Lipinski definition) is 0. The molecule has 0 bridgehead atoms. The smallest absolute Gasteiger partial charge is 0.124 e. The first-order valence-electron chi connectivity index (χ1n) is 5.83. The van der Waals surface area contributed by atoms with Gasteiger partial charge in [0, 0.05) is 15.4 Å². The van der Waals surface area contributed by atoms with Crippen LogP contribution in [0.3, 0.4) is 0 Å². The van der Waals surface area contributed by atoms with Crippen molar-refractivity contribution in [2.24, 2.45) is 0 Å². The number of alkyl halides is 1. The van der Waals surface area contributed by atoms with Crippen LogP contribution in [0.5, 0.6) is 11.5 Å². The zero-order valence-electron chi connectivity index (χ0n) is 10.5. The van der Waals surface area contributed by atoms with Gasteiger partial charge in [0.1, 0.15) is 18.1 Å². The van der Waals surface area contributed by atoms with E-state index >= 15 is 0 Å². The molecule has 19 heavy (non-hydrogen) atoms. The summed E-state index contributed by atoms with van der Waals surface area (Å²) in [5.41, 5.74) is 2.21. The fourth-order valence-corrected chi connectivity index (χ4v) is 2.60. The lowest BCUT2D eigenvalue weighted by Gasteiger charge is -2.11. The Bertz CT molecular complexity index is 556. The van der Waals surface area contributed by atoms with Gasteiger partial charge in [-0.05, 0) is 35.9 Å². The molecular weight excluding hydrogens is 372 g/mol. The van der Waals surface area contributed by atoms with Crippen molar-refractivity contribution in [2.45, 2.75) is 11.9 Å². The molecule has 0 heterocycles. The molecule has 2 nitrogen and oxygen atoms in total. The highest BCUT2D eigenvalue weighted by Gasteiger charge is 2.05. The number of ether oxygens (including phenoxy) is 2. The molecule has 0 radical (unpaired) electrons. The van der Waals surface area contributed by atoms with E-state index in [1.165, 1.54) is 0 Å². The molecule has 0 N–H and O–H groups in total. The van der Waals surface area contributed by atoms with Crippen LogP contribution in [-0.2, 0) is 11.9 Å². The molecule has 0 unspecified atom stereocenters. The van der Waals surface area contributed by atoms with Crippen molar-refractivity contribution in [3.8, 4) is 11.5 Å². The molecule has 0 spiro atoms. The first kappa shape index (κ1) is 14.4. The molecule has 2 aromatic carbocycles. The summed E-state index contributed by atoms with van der Waals surface area (Å²) in [6.45, 7) is 0.547. The molecule has 0 atom stereocenters. The predicted molar refractivity (Wildman–Crippen MR) is 84.1 cm³/mol. The van der Waals surface area contributed by atoms with Crippen LogP contribution in [0.4, 0.5) is 0 Å². The third-order valence-corrected chi connectivity index (χ3v) is 3.79. The minimum Gasteiger partial charge on any atom is -0.497 e. The molecule has 0 fully saturated rings. The van der Waals surface area contributed by atoms with Crippen LogP contribution in [0.2, 0.25) is 0 Å². The quantitative estimate of drug-likeness (QED) is 0.679. The summed E-state index contributed by atoms with van der Waals surface area (Å²) in [6.07, 6.45) is 0. The molecule has 0 aliphatic carbocycles. The van der Waals surface area contributed by atoms with Gasteiger partial charge in [0.05, 0.1) is 7.11 Å². The van der Waals surface area contributed by atoms with E-state index in [1.54, 1.807) is 7.11 Å². The highest BCUT2D eigenvalue weighted by Crippen LogP contribution is 2.27. The van der Waals surface area contributed by atoms with E-state index in [4.69, 9.17) is 9.47 Å². The minimum absolute atomic E-state index is 0.547. The first-order valence-corrected chi connectivity index (χ1v) is 7.74. The monoisotopic (exact) mass is 384 g/mol. The molecule has 4 heteroatoms. The van der Waals surface area contributed by atoms with E-state index in [9.17, 15) is 0 Å². The zero-order chi connectivity index (χ0) is 13.7. The van der Waals surface area contributed by atoms with Crippen LogP contribution < -0.4 is 9.47 Å². The van der Waals surface area contributed by atoms with Crippen LogP contribution in [0.25, 0.3) is 0 Å². The van der Waals surface area contributed by atoms with Crippen molar-refractivity contribution < 1.29 is 9.47 Å². The Kier molecular flexibility index (Phi) is 5.28. The Morgan fingerprint density at radius 1 is 1.11 bits per heavy atom. The lowest BCUT2D eigenvalue weighted by molar-refractivity contribution is 0.303. The van der Waals surface area contributed by atoms with E-state index in [2.05, 4.69) is 37.9 Å². The van der Waals surface area contributed by atoms with Crippen LogP contribution in [0, 0.1) is 0 Å². The van der Waals surface area contributed by atoms with Crippen molar-refractivity contribution in [3.63, 3.8) is 0 Å². The third-order valence-electron chi connectivity index (χ3n) is 2.69. The molecular formula is C15H14Br2O2. The van der Waals surface area contributed by atoms with Gasteiger partial charge in [-0.2, -0.15) is 0 Å². The fraction of sp³-hybridized carbons (Fsp3) is 0.200. The van der Waals surface area contributed by atoms with E-state index in [0.29, 0.717) is 6.61 Å². The molecule has 0 aliphatic heterocycles. The molecule has 0 aliphatic rings. The van der Waals surface area contributed by atoms with E-state index in [1.807, 2.05) is 36.4 Å². The Morgan fingerprint density at radius 2 is 1.95 bits per heavy atom. The molecule has 0 saturated heterocycles. The second-order valence-electron chi connectivity index (χ2n) is 4.03. The zero-order valence-corrected chi connectivity index (χ0v) is 13.7. The average Bonchev–Trinajstić information content (AvgIpc) is 2.45. The molecule has 0 amide bonds. The van der Waals surface area contributed by atoms with Gasteiger partial charge >= 0.3 is 0 Å². The molecule has 100 valence electrons. The Labute approximate surface area is 130 Å². The number of hydrogen-bond acceptors (Lipinski definition) is 2. The van der Waals surface area contributed by atoms with E-state index < -0.39 is 0 Å². The highest BCUT2D eigenvalue weighted by atomic mass is 79.9. The summed E-state index contributed by atoms with van der Waals surface area (Å²) >= 11 is 6.92. The summed E-state index contributed by atoms with van der Waals surface area (Å²) in [4.78, 5) is 0. The summed E-state index contributed by atoms with van der Waals surface area (Å²) in [5.74, 6) is 1.71. The molecule has 2 aromatic rings. The topological polar surface area (TPSA) is 18.5 Å². The standard InChI is InChI=1S/C15H14Br2O2/c1-18-14-5-6-15(12(8-14)9-16)19-10-11-3-2-4-13(17)7-11/h2-8H,9-10H2,1H3. The minimum atomic E-state index is 0.547. The maximum absolute atomic E-state index is 5.86. The van der Waals surface area contributed by atoms with Crippen LogP contribution in [-0.4, -0.2) is 7.11 Å². The van der Waals surface area contributed by atoms with Gasteiger partial charge in [0.15, 0.2) is 0 Å². The average molecular weight is 386 g/mol. The van der Waals surface area contributed by atoms with Crippen molar-refractivity contribution >= 4 is 31.9 Å². The Hall–Kier alpha value is -1.000. The fourth-order valence-electron chi connectivity index (χ4n) is 1.72. The Morgan fingerprint density at radius 3 is 2.63 bits per heavy atom. The second-order valence-corrected chi connectivity index (χ2v) is 5.50. The van der Waals surface area contributed by atoms with E-state index in [-0.39, 0.29) is 0 Å². The third kappa shape index (κ3) is 3.98. The highest BCUT2D eigenvalue weighted by molar-refractivity contribution is 9.10. The van der Waals surface area contributed by atoms with Gasteiger partial charge in [-0.25, -0.2) is 0 Å². The lowest BCUT2D eigenvalue weighted by atomic mass is 10.2. The summed E-state index contributed by atoms with van der Waals surface area (Å²) in [7, 11) is 1.66. The maximum atomic E-state index is 5.86. The predicted octanol–water partition coefficient (Wildman–Crippen LogP) is 4.93.